The Morgan fingerprint density at radius 3 is 3.00 bits per heavy atom. The molecule has 1 amide bonds. The summed E-state index contributed by atoms with van der Waals surface area (Å²) in [7, 11) is 0. The van der Waals surface area contributed by atoms with E-state index in [0.29, 0.717) is 17.9 Å². The summed E-state index contributed by atoms with van der Waals surface area (Å²) in [6, 6.07) is 11.3. The molecule has 0 atom stereocenters. The van der Waals surface area contributed by atoms with Crippen molar-refractivity contribution in [2.24, 2.45) is 0 Å². The van der Waals surface area contributed by atoms with Crippen LogP contribution in [0.25, 0.3) is 0 Å². The van der Waals surface area contributed by atoms with Gasteiger partial charge in [-0.3, -0.25) is 4.79 Å². The second-order valence-electron chi connectivity index (χ2n) is 4.93. The average molecular weight is 347 g/mol. The van der Waals surface area contributed by atoms with Crippen molar-refractivity contribution >= 4 is 33.2 Å². The lowest BCUT2D eigenvalue weighted by Gasteiger charge is -2.21. The van der Waals surface area contributed by atoms with Gasteiger partial charge in [-0.2, -0.15) is 0 Å². The number of benzene rings is 2. The Labute approximate surface area is 131 Å². The minimum atomic E-state index is -0.173. The van der Waals surface area contributed by atoms with Crippen molar-refractivity contribution < 1.29 is 9.53 Å². The summed E-state index contributed by atoms with van der Waals surface area (Å²) in [5, 5.41) is 6.14. The number of nitrogens with one attached hydrogen (secondary N) is 2. The summed E-state index contributed by atoms with van der Waals surface area (Å²) < 4.78 is 6.56. The number of para-hydroxylation sites is 1. The van der Waals surface area contributed by atoms with E-state index in [9.17, 15) is 4.79 Å². The van der Waals surface area contributed by atoms with E-state index in [-0.39, 0.29) is 5.91 Å². The first-order chi connectivity index (χ1) is 10.1. The van der Waals surface area contributed by atoms with E-state index in [4.69, 9.17) is 4.74 Å². The molecule has 0 aromatic heterocycles. The van der Waals surface area contributed by atoms with Gasteiger partial charge in [0.15, 0.2) is 5.75 Å². The zero-order valence-electron chi connectivity index (χ0n) is 11.6. The van der Waals surface area contributed by atoms with Crippen molar-refractivity contribution in [1.29, 1.82) is 0 Å². The SMILES string of the molecule is Cc1cc(Br)cc(NC(=O)c2cccc3c2OCCN3)c1. The van der Waals surface area contributed by atoms with Crippen LogP contribution in [0.2, 0.25) is 0 Å². The van der Waals surface area contributed by atoms with Crippen LogP contribution < -0.4 is 15.4 Å². The van der Waals surface area contributed by atoms with Crippen molar-refractivity contribution in [2.45, 2.75) is 6.92 Å². The van der Waals surface area contributed by atoms with Gasteiger partial charge in [0.25, 0.3) is 5.91 Å². The standard InChI is InChI=1S/C16H15BrN2O2/c1-10-7-11(17)9-12(8-10)19-16(20)13-3-2-4-14-15(13)21-6-5-18-14/h2-4,7-9,18H,5-6H2,1H3,(H,19,20). The number of ether oxygens (including phenoxy) is 1. The van der Waals surface area contributed by atoms with Gasteiger partial charge in [0.1, 0.15) is 6.61 Å². The lowest BCUT2D eigenvalue weighted by atomic mass is 10.1. The van der Waals surface area contributed by atoms with Crippen LogP contribution in [0.1, 0.15) is 15.9 Å². The van der Waals surface area contributed by atoms with Crippen molar-refractivity contribution in [3.63, 3.8) is 0 Å². The molecule has 2 N–H and O–H groups in total. The largest absolute Gasteiger partial charge is 0.489 e. The fourth-order valence-electron chi connectivity index (χ4n) is 2.36. The second-order valence-corrected chi connectivity index (χ2v) is 5.84. The number of amides is 1. The molecule has 21 heavy (non-hydrogen) atoms. The monoisotopic (exact) mass is 346 g/mol. The molecule has 1 aliphatic heterocycles. The predicted octanol–water partition coefficient (Wildman–Crippen LogP) is 3.81. The molecule has 3 rings (SSSR count). The van der Waals surface area contributed by atoms with Crippen LogP contribution in [-0.2, 0) is 0 Å². The van der Waals surface area contributed by atoms with E-state index in [1.165, 1.54) is 0 Å². The first-order valence-electron chi connectivity index (χ1n) is 6.72. The second kappa shape index (κ2) is 5.77. The summed E-state index contributed by atoms with van der Waals surface area (Å²) in [4.78, 5) is 12.5. The molecule has 0 fully saturated rings. The van der Waals surface area contributed by atoms with E-state index in [1.54, 1.807) is 6.07 Å². The highest BCUT2D eigenvalue weighted by molar-refractivity contribution is 9.10. The molecule has 0 radical (unpaired) electrons. The summed E-state index contributed by atoms with van der Waals surface area (Å²) in [6.07, 6.45) is 0. The molecule has 0 saturated carbocycles. The number of halogens is 1. The first kappa shape index (κ1) is 13.9. The number of hydrogen-bond donors (Lipinski definition) is 2. The fourth-order valence-corrected chi connectivity index (χ4v) is 2.96. The third-order valence-electron chi connectivity index (χ3n) is 3.22. The third kappa shape index (κ3) is 3.03. The van der Waals surface area contributed by atoms with Crippen LogP contribution in [-0.4, -0.2) is 19.1 Å². The molecule has 2 aromatic carbocycles. The molecule has 0 unspecified atom stereocenters. The number of fused-ring (bicyclic) bond motifs is 1. The Morgan fingerprint density at radius 2 is 2.19 bits per heavy atom. The lowest BCUT2D eigenvalue weighted by Crippen LogP contribution is -2.21. The molecule has 0 aliphatic carbocycles. The maximum Gasteiger partial charge on any atom is 0.259 e. The van der Waals surface area contributed by atoms with Crippen LogP contribution in [0.5, 0.6) is 5.75 Å². The molecule has 1 heterocycles. The van der Waals surface area contributed by atoms with E-state index in [2.05, 4.69) is 26.6 Å². The summed E-state index contributed by atoms with van der Waals surface area (Å²) in [5.74, 6) is 0.445. The van der Waals surface area contributed by atoms with Crippen molar-refractivity contribution in [3.05, 3.63) is 52.0 Å². The highest BCUT2D eigenvalue weighted by atomic mass is 79.9. The summed E-state index contributed by atoms with van der Waals surface area (Å²) in [5.41, 5.74) is 3.23. The van der Waals surface area contributed by atoms with E-state index >= 15 is 0 Å². The zero-order chi connectivity index (χ0) is 14.8. The molecule has 0 spiro atoms. The van der Waals surface area contributed by atoms with Gasteiger partial charge in [-0.15, -0.1) is 0 Å². The minimum absolute atomic E-state index is 0.173. The van der Waals surface area contributed by atoms with Crippen LogP contribution in [0, 0.1) is 6.92 Å². The number of aryl methyl sites for hydroxylation is 1. The zero-order valence-corrected chi connectivity index (χ0v) is 13.2. The molecule has 0 bridgehead atoms. The highest BCUT2D eigenvalue weighted by Gasteiger charge is 2.19. The average Bonchev–Trinajstić information content (AvgIpc) is 2.45. The maximum atomic E-state index is 12.5. The summed E-state index contributed by atoms with van der Waals surface area (Å²) in [6.45, 7) is 3.30. The Morgan fingerprint density at radius 1 is 1.33 bits per heavy atom. The molecule has 1 aliphatic rings. The van der Waals surface area contributed by atoms with Gasteiger partial charge in [0.2, 0.25) is 0 Å². The highest BCUT2D eigenvalue weighted by Crippen LogP contribution is 2.31. The fraction of sp³-hybridized carbons (Fsp3) is 0.188. The van der Waals surface area contributed by atoms with Gasteiger partial charge < -0.3 is 15.4 Å². The molecule has 108 valence electrons. The quantitative estimate of drug-likeness (QED) is 0.869. The molecule has 5 heteroatoms. The number of hydrogen-bond acceptors (Lipinski definition) is 3. The lowest BCUT2D eigenvalue weighted by molar-refractivity contribution is 0.102. The van der Waals surface area contributed by atoms with Gasteiger partial charge in [-0.25, -0.2) is 0 Å². The minimum Gasteiger partial charge on any atom is -0.489 e. The van der Waals surface area contributed by atoms with Crippen LogP contribution >= 0.6 is 15.9 Å². The Kier molecular flexibility index (Phi) is 3.84. The van der Waals surface area contributed by atoms with Crippen molar-refractivity contribution in [1.82, 2.24) is 0 Å². The number of carbonyl (C=O) groups is 1. The third-order valence-corrected chi connectivity index (χ3v) is 3.68. The first-order valence-corrected chi connectivity index (χ1v) is 7.51. The predicted molar refractivity (Wildman–Crippen MR) is 87.3 cm³/mol. The van der Waals surface area contributed by atoms with Gasteiger partial charge in [-0.1, -0.05) is 22.0 Å². The Balaban J connectivity index is 1.89. The Hall–Kier alpha value is -2.01. The number of anilines is 2. The van der Waals surface area contributed by atoms with Gasteiger partial charge in [0, 0.05) is 16.7 Å². The van der Waals surface area contributed by atoms with Crippen molar-refractivity contribution in [2.75, 3.05) is 23.8 Å². The van der Waals surface area contributed by atoms with Crippen LogP contribution in [0.3, 0.4) is 0 Å². The smallest absolute Gasteiger partial charge is 0.259 e. The normalized spacial score (nSPS) is 12.9. The van der Waals surface area contributed by atoms with Gasteiger partial charge in [-0.05, 0) is 42.8 Å². The molecule has 2 aromatic rings. The van der Waals surface area contributed by atoms with Gasteiger partial charge in [0.05, 0.1) is 11.3 Å². The van der Waals surface area contributed by atoms with E-state index < -0.39 is 0 Å². The molecular formula is C16H15BrN2O2. The van der Waals surface area contributed by atoms with Crippen LogP contribution in [0.4, 0.5) is 11.4 Å². The van der Waals surface area contributed by atoms with E-state index in [0.717, 1.165) is 28.0 Å². The number of rotatable bonds is 2. The molecular weight excluding hydrogens is 332 g/mol. The Bertz CT molecular complexity index is 680. The molecule has 0 saturated heterocycles. The topological polar surface area (TPSA) is 50.4 Å². The number of carbonyl (C=O) groups excluding carboxylic acids is 1. The van der Waals surface area contributed by atoms with Crippen molar-refractivity contribution in [3.8, 4) is 5.75 Å². The maximum absolute atomic E-state index is 12.5. The van der Waals surface area contributed by atoms with E-state index in [1.807, 2.05) is 37.3 Å². The van der Waals surface area contributed by atoms with Crippen LogP contribution in [0.15, 0.2) is 40.9 Å². The van der Waals surface area contributed by atoms with Gasteiger partial charge >= 0.3 is 0 Å². The molecule has 4 nitrogen and oxygen atoms in total. The summed E-state index contributed by atoms with van der Waals surface area (Å²) >= 11 is 3.43.